The SMILES string of the molecule is COc1ccc(C(=O)NC(=NCCc2c[nH]c3ccccc23)Nc2ccc(OC)c(OC)c2)cc1. The summed E-state index contributed by atoms with van der Waals surface area (Å²) < 4.78 is 15.9. The second-order valence-electron chi connectivity index (χ2n) is 7.72. The quantitative estimate of drug-likeness (QED) is 0.257. The van der Waals surface area contributed by atoms with E-state index in [4.69, 9.17) is 14.2 Å². The van der Waals surface area contributed by atoms with Crippen LogP contribution in [-0.2, 0) is 6.42 Å². The second-order valence-corrected chi connectivity index (χ2v) is 7.72. The van der Waals surface area contributed by atoms with E-state index in [2.05, 4.69) is 26.7 Å². The van der Waals surface area contributed by atoms with Crippen LogP contribution in [-0.4, -0.2) is 44.7 Å². The molecule has 4 rings (SSSR count). The number of carbonyl (C=O) groups excluding carboxylic acids is 1. The van der Waals surface area contributed by atoms with Crippen molar-refractivity contribution < 1.29 is 19.0 Å². The van der Waals surface area contributed by atoms with Crippen molar-refractivity contribution in [1.82, 2.24) is 10.3 Å². The van der Waals surface area contributed by atoms with Crippen LogP contribution in [0.5, 0.6) is 17.2 Å². The van der Waals surface area contributed by atoms with Crippen molar-refractivity contribution in [3.05, 3.63) is 84.1 Å². The first kappa shape index (κ1) is 23.7. The lowest BCUT2D eigenvalue weighted by molar-refractivity contribution is 0.0977. The molecule has 1 heterocycles. The van der Waals surface area contributed by atoms with Crippen molar-refractivity contribution >= 4 is 28.5 Å². The Morgan fingerprint density at radius 2 is 1.69 bits per heavy atom. The Morgan fingerprint density at radius 3 is 2.43 bits per heavy atom. The van der Waals surface area contributed by atoms with Crippen molar-refractivity contribution in [1.29, 1.82) is 0 Å². The topological polar surface area (TPSA) is 97.0 Å². The summed E-state index contributed by atoms with van der Waals surface area (Å²) in [6.07, 6.45) is 2.71. The molecule has 0 spiro atoms. The van der Waals surface area contributed by atoms with Crippen LogP contribution in [0.3, 0.4) is 0 Å². The Kier molecular flexibility index (Phi) is 7.52. The zero-order valence-corrected chi connectivity index (χ0v) is 19.9. The maximum atomic E-state index is 12.9. The number of benzene rings is 3. The summed E-state index contributed by atoms with van der Waals surface area (Å²) >= 11 is 0. The fraction of sp³-hybridized carbons (Fsp3) is 0.185. The minimum atomic E-state index is -0.286. The van der Waals surface area contributed by atoms with Crippen molar-refractivity contribution in [2.24, 2.45) is 4.99 Å². The van der Waals surface area contributed by atoms with Crippen LogP contribution in [0.4, 0.5) is 5.69 Å². The van der Waals surface area contributed by atoms with Crippen LogP contribution in [0.2, 0.25) is 0 Å². The molecule has 0 bridgehead atoms. The predicted molar refractivity (Wildman–Crippen MR) is 138 cm³/mol. The van der Waals surface area contributed by atoms with Crippen LogP contribution in [0, 0.1) is 0 Å². The Bertz CT molecular complexity index is 1330. The van der Waals surface area contributed by atoms with Crippen LogP contribution >= 0.6 is 0 Å². The summed E-state index contributed by atoms with van der Waals surface area (Å²) in [4.78, 5) is 20.9. The van der Waals surface area contributed by atoms with E-state index in [1.165, 1.54) is 5.39 Å². The van der Waals surface area contributed by atoms with Crippen LogP contribution < -0.4 is 24.8 Å². The fourth-order valence-electron chi connectivity index (χ4n) is 3.71. The van der Waals surface area contributed by atoms with E-state index in [1.807, 2.05) is 30.5 Å². The third-order valence-corrected chi connectivity index (χ3v) is 5.56. The first-order chi connectivity index (χ1) is 17.1. The number of aliphatic imine (C=N–C) groups is 1. The number of aromatic amines is 1. The van der Waals surface area contributed by atoms with E-state index in [-0.39, 0.29) is 5.91 Å². The maximum Gasteiger partial charge on any atom is 0.257 e. The molecule has 1 amide bonds. The summed E-state index contributed by atoms with van der Waals surface area (Å²) in [6, 6.07) is 20.4. The van der Waals surface area contributed by atoms with Gasteiger partial charge in [0.25, 0.3) is 5.91 Å². The molecule has 0 saturated carbocycles. The van der Waals surface area contributed by atoms with Gasteiger partial charge in [0, 0.05) is 41.0 Å². The highest BCUT2D eigenvalue weighted by molar-refractivity contribution is 6.10. The summed E-state index contributed by atoms with van der Waals surface area (Å²) in [7, 11) is 4.74. The predicted octanol–water partition coefficient (Wildman–Crippen LogP) is 4.63. The molecule has 0 unspecified atom stereocenters. The molecule has 3 aromatic carbocycles. The lowest BCUT2D eigenvalue weighted by atomic mass is 10.1. The van der Waals surface area contributed by atoms with Gasteiger partial charge in [0.05, 0.1) is 21.3 Å². The smallest absolute Gasteiger partial charge is 0.257 e. The number of amides is 1. The van der Waals surface area contributed by atoms with Gasteiger partial charge in [0.15, 0.2) is 11.5 Å². The molecular formula is C27H28N4O4. The summed E-state index contributed by atoms with van der Waals surface area (Å²) in [5.41, 5.74) is 3.44. The Morgan fingerprint density at radius 1 is 0.914 bits per heavy atom. The number of nitrogens with zero attached hydrogens (tertiary/aromatic N) is 1. The number of H-pyrrole nitrogens is 1. The number of para-hydroxylation sites is 1. The van der Waals surface area contributed by atoms with Crippen LogP contribution in [0.1, 0.15) is 15.9 Å². The van der Waals surface area contributed by atoms with Gasteiger partial charge in [0.1, 0.15) is 5.75 Å². The number of fused-ring (bicyclic) bond motifs is 1. The fourth-order valence-corrected chi connectivity index (χ4v) is 3.71. The number of methoxy groups -OCH3 is 3. The highest BCUT2D eigenvalue weighted by Gasteiger charge is 2.12. The van der Waals surface area contributed by atoms with Crippen molar-refractivity contribution in [2.75, 3.05) is 33.2 Å². The van der Waals surface area contributed by atoms with Gasteiger partial charge in [-0.1, -0.05) is 18.2 Å². The molecule has 4 aromatic rings. The third kappa shape index (κ3) is 5.73. The highest BCUT2D eigenvalue weighted by atomic mass is 16.5. The standard InChI is InChI=1S/C27H28N4O4/c1-33-21-11-8-18(9-12-21)26(32)31-27(30-20-10-13-24(34-2)25(16-20)35-3)28-15-14-19-17-29-23-7-5-4-6-22(19)23/h4-13,16-17,29H,14-15H2,1-3H3,(H2,28,30,31,32). The number of aromatic nitrogens is 1. The molecule has 0 aliphatic carbocycles. The average Bonchev–Trinajstić information content (AvgIpc) is 3.31. The van der Waals surface area contributed by atoms with E-state index in [1.54, 1.807) is 57.7 Å². The number of rotatable bonds is 8. The molecule has 1 aromatic heterocycles. The lowest BCUT2D eigenvalue weighted by Crippen LogP contribution is -2.36. The zero-order valence-electron chi connectivity index (χ0n) is 19.9. The number of carbonyl (C=O) groups is 1. The number of nitrogens with one attached hydrogen (secondary N) is 3. The maximum absolute atomic E-state index is 12.9. The Hall–Kier alpha value is -4.46. The van der Waals surface area contributed by atoms with Gasteiger partial charge < -0.3 is 24.5 Å². The number of hydrogen-bond donors (Lipinski definition) is 3. The molecule has 0 fully saturated rings. The van der Waals surface area contributed by atoms with Gasteiger partial charge in [-0.15, -0.1) is 0 Å². The monoisotopic (exact) mass is 472 g/mol. The third-order valence-electron chi connectivity index (χ3n) is 5.56. The van der Waals surface area contributed by atoms with Gasteiger partial charge in [-0.05, 0) is 54.4 Å². The highest BCUT2D eigenvalue weighted by Crippen LogP contribution is 2.29. The molecule has 8 nitrogen and oxygen atoms in total. The van der Waals surface area contributed by atoms with Gasteiger partial charge >= 0.3 is 0 Å². The summed E-state index contributed by atoms with van der Waals surface area (Å²) in [5.74, 6) is 1.90. The molecular weight excluding hydrogens is 444 g/mol. The van der Waals surface area contributed by atoms with Crippen LogP contribution in [0.25, 0.3) is 10.9 Å². The van der Waals surface area contributed by atoms with Crippen LogP contribution in [0.15, 0.2) is 77.9 Å². The Balaban J connectivity index is 1.54. The minimum absolute atomic E-state index is 0.286. The van der Waals surface area contributed by atoms with Gasteiger partial charge in [-0.2, -0.15) is 0 Å². The largest absolute Gasteiger partial charge is 0.497 e. The molecule has 0 radical (unpaired) electrons. The number of guanidine groups is 1. The zero-order chi connectivity index (χ0) is 24.6. The van der Waals surface area contributed by atoms with E-state index in [0.29, 0.717) is 47.4 Å². The molecule has 8 heteroatoms. The van der Waals surface area contributed by atoms with E-state index in [0.717, 1.165) is 11.1 Å². The molecule has 180 valence electrons. The molecule has 0 aliphatic rings. The van der Waals surface area contributed by atoms with Crippen molar-refractivity contribution in [3.8, 4) is 17.2 Å². The van der Waals surface area contributed by atoms with Gasteiger partial charge in [-0.3, -0.25) is 15.1 Å². The van der Waals surface area contributed by atoms with Crippen molar-refractivity contribution in [3.63, 3.8) is 0 Å². The average molecular weight is 473 g/mol. The van der Waals surface area contributed by atoms with E-state index < -0.39 is 0 Å². The number of ether oxygens (including phenoxy) is 3. The molecule has 35 heavy (non-hydrogen) atoms. The van der Waals surface area contributed by atoms with Gasteiger partial charge in [-0.25, -0.2) is 0 Å². The molecule has 0 aliphatic heterocycles. The number of hydrogen-bond acceptors (Lipinski definition) is 5. The second kappa shape index (κ2) is 11.1. The molecule has 3 N–H and O–H groups in total. The first-order valence-corrected chi connectivity index (χ1v) is 11.1. The minimum Gasteiger partial charge on any atom is -0.497 e. The van der Waals surface area contributed by atoms with E-state index in [9.17, 15) is 4.79 Å². The molecule has 0 saturated heterocycles. The molecule has 0 atom stereocenters. The van der Waals surface area contributed by atoms with E-state index >= 15 is 0 Å². The summed E-state index contributed by atoms with van der Waals surface area (Å²) in [5, 5.41) is 7.24. The van der Waals surface area contributed by atoms with Gasteiger partial charge in [0.2, 0.25) is 5.96 Å². The lowest BCUT2D eigenvalue weighted by Gasteiger charge is -2.14. The summed E-state index contributed by atoms with van der Waals surface area (Å²) in [6.45, 7) is 0.473. The Labute approximate surface area is 203 Å². The normalized spacial score (nSPS) is 11.2. The number of anilines is 1. The van der Waals surface area contributed by atoms with Crippen molar-refractivity contribution in [2.45, 2.75) is 6.42 Å². The first-order valence-electron chi connectivity index (χ1n) is 11.1.